The van der Waals surface area contributed by atoms with E-state index in [9.17, 15) is 0 Å². The summed E-state index contributed by atoms with van der Waals surface area (Å²) in [4.78, 5) is 0. The van der Waals surface area contributed by atoms with E-state index in [0.29, 0.717) is 6.54 Å². The first kappa shape index (κ1) is 9.75. The molecule has 0 aromatic heterocycles. The molecule has 12 heavy (non-hydrogen) atoms. The summed E-state index contributed by atoms with van der Waals surface area (Å²) in [5, 5.41) is 0. The normalized spacial score (nSPS) is 10.3. The molecule has 1 aromatic rings. The SMILES string of the molecule is Cc1cc(C)c(Br)c(CCN)c1. The summed E-state index contributed by atoms with van der Waals surface area (Å²) in [6, 6.07) is 4.36. The zero-order valence-electron chi connectivity index (χ0n) is 7.52. The lowest BCUT2D eigenvalue weighted by atomic mass is 10.1. The van der Waals surface area contributed by atoms with Gasteiger partial charge < -0.3 is 5.73 Å². The van der Waals surface area contributed by atoms with E-state index in [2.05, 4.69) is 41.9 Å². The molecular weight excluding hydrogens is 214 g/mol. The van der Waals surface area contributed by atoms with E-state index in [-0.39, 0.29) is 0 Å². The molecule has 2 heteroatoms. The summed E-state index contributed by atoms with van der Waals surface area (Å²) in [6.07, 6.45) is 0.948. The van der Waals surface area contributed by atoms with Gasteiger partial charge in [0, 0.05) is 4.47 Å². The van der Waals surface area contributed by atoms with Crippen molar-refractivity contribution in [3.8, 4) is 0 Å². The maximum Gasteiger partial charge on any atom is 0.0237 e. The summed E-state index contributed by atoms with van der Waals surface area (Å²) >= 11 is 3.56. The van der Waals surface area contributed by atoms with E-state index in [1.54, 1.807) is 0 Å². The molecule has 0 saturated carbocycles. The smallest absolute Gasteiger partial charge is 0.0237 e. The molecule has 0 saturated heterocycles. The van der Waals surface area contributed by atoms with Crippen LogP contribution in [0.1, 0.15) is 16.7 Å². The molecule has 0 aliphatic heterocycles. The van der Waals surface area contributed by atoms with Gasteiger partial charge in [0.05, 0.1) is 0 Å². The average Bonchev–Trinajstić information content (AvgIpc) is 2.00. The fourth-order valence-corrected chi connectivity index (χ4v) is 1.80. The minimum Gasteiger partial charge on any atom is -0.330 e. The molecule has 66 valence electrons. The third-order valence-corrected chi connectivity index (χ3v) is 3.02. The maximum atomic E-state index is 5.51. The Bertz CT molecular complexity index is 281. The van der Waals surface area contributed by atoms with Gasteiger partial charge in [0.15, 0.2) is 0 Å². The van der Waals surface area contributed by atoms with Crippen molar-refractivity contribution in [1.29, 1.82) is 0 Å². The Morgan fingerprint density at radius 2 is 2.00 bits per heavy atom. The molecule has 2 N–H and O–H groups in total. The number of benzene rings is 1. The Hall–Kier alpha value is -0.340. The fraction of sp³-hybridized carbons (Fsp3) is 0.400. The van der Waals surface area contributed by atoms with E-state index in [4.69, 9.17) is 5.73 Å². The summed E-state index contributed by atoms with van der Waals surface area (Å²) < 4.78 is 1.21. The van der Waals surface area contributed by atoms with Crippen molar-refractivity contribution >= 4 is 15.9 Å². The number of rotatable bonds is 2. The van der Waals surface area contributed by atoms with Crippen LogP contribution in [0.25, 0.3) is 0 Å². The number of hydrogen-bond acceptors (Lipinski definition) is 1. The van der Waals surface area contributed by atoms with Crippen LogP contribution in [0.3, 0.4) is 0 Å². The highest BCUT2D eigenvalue weighted by molar-refractivity contribution is 9.10. The van der Waals surface area contributed by atoms with Crippen LogP contribution in [0.15, 0.2) is 16.6 Å². The van der Waals surface area contributed by atoms with Crippen molar-refractivity contribution < 1.29 is 0 Å². The molecule has 0 radical (unpaired) electrons. The average molecular weight is 228 g/mol. The van der Waals surface area contributed by atoms with Crippen LogP contribution in [0.4, 0.5) is 0 Å². The van der Waals surface area contributed by atoms with Crippen molar-refractivity contribution in [2.24, 2.45) is 5.73 Å². The molecule has 0 aliphatic rings. The van der Waals surface area contributed by atoms with E-state index < -0.39 is 0 Å². The third-order valence-electron chi connectivity index (χ3n) is 1.89. The zero-order chi connectivity index (χ0) is 9.14. The summed E-state index contributed by atoms with van der Waals surface area (Å²) in [7, 11) is 0. The van der Waals surface area contributed by atoms with E-state index in [1.807, 2.05) is 0 Å². The van der Waals surface area contributed by atoms with Gasteiger partial charge in [-0.25, -0.2) is 0 Å². The number of halogens is 1. The van der Waals surface area contributed by atoms with Gasteiger partial charge in [-0.1, -0.05) is 33.6 Å². The van der Waals surface area contributed by atoms with E-state index in [1.165, 1.54) is 21.2 Å². The topological polar surface area (TPSA) is 26.0 Å². The highest BCUT2D eigenvalue weighted by Gasteiger charge is 2.02. The van der Waals surface area contributed by atoms with Crippen LogP contribution >= 0.6 is 15.9 Å². The summed E-state index contributed by atoms with van der Waals surface area (Å²) in [5.74, 6) is 0. The minimum absolute atomic E-state index is 0.710. The van der Waals surface area contributed by atoms with Gasteiger partial charge in [0.2, 0.25) is 0 Å². The Labute approximate surface area is 82.1 Å². The zero-order valence-corrected chi connectivity index (χ0v) is 9.11. The standard InChI is InChI=1S/C10H14BrN/c1-7-5-8(2)10(11)9(6-7)3-4-12/h5-6H,3-4,12H2,1-2H3. The minimum atomic E-state index is 0.710. The molecule has 0 unspecified atom stereocenters. The lowest BCUT2D eigenvalue weighted by Gasteiger charge is -2.07. The molecule has 0 aliphatic carbocycles. The Balaban J connectivity index is 3.09. The van der Waals surface area contributed by atoms with Crippen molar-refractivity contribution in [3.63, 3.8) is 0 Å². The molecule has 0 heterocycles. The number of aryl methyl sites for hydroxylation is 2. The predicted octanol–water partition coefficient (Wildman–Crippen LogP) is 2.57. The Morgan fingerprint density at radius 3 is 2.58 bits per heavy atom. The second-order valence-electron chi connectivity index (χ2n) is 3.09. The Kier molecular flexibility index (Phi) is 3.29. The second-order valence-corrected chi connectivity index (χ2v) is 3.89. The first-order valence-electron chi connectivity index (χ1n) is 4.11. The molecule has 0 fully saturated rings. The second kappa shape index (κ2) is 4.06. The molecule has 0 bridgehead atoms. The van der Waals surface area contributed by atoms with E-state index >= 15 is 0 Å². The first-order valence-corrected chi connectivity index (χ1v) is 4.90. The molecule has 1 rings (SSSR count). The summed E-state index contributed by atoms with van der Waals surface area (Å²) in [6.45, 7) is 4.93. The lowest BCUT2D eigenvalue weighted by molar-refractivity contribution is 0.958. The number of hydrogen-bond donors (Lipinski definition) is 1. The van der Waals surface area contributed by atoms with Crippen molar-refractivity contribution in [3.05, 3.63) is 33.3 Å². The molecule has 0 spiro atoms. The van der Waals surface area contributed by atoms with Crippen LogP contribution < -0.4 is 5.73 Å². The lowest BCUT2D eigenvalue weighted by Crippen LogP contribution is -2.04. The predicted molar refractivity (Wildman–Crippen MR) is 56.4 cm³/mol. The number of nitrogens with two attached hydrogens (primary N) is 1. The van der Waals surface area contributed by atoms with Crippen LogP contribution in [0, 0.1) is 13.8 Å². The van der Waals surface area contributed by atoms with Gasteiger partial charge in [0.1, 0.15) is 0 Å². The third kappa shape index (κ3) is 2.08. The highest BCUT2D eigenvalue weighted by Crippen LogP contribution is 2.23. The molecule has 1 nitrogen and oxygen atoms in total. The quantitative estimate of drug-likeness (QED) is 0.827. The Morgan fingerprint density at radius 1 is 1.33 bits per heavy atom. The fourth-order valence-electron chi connectivity index (χ4n) is 1.38. The van der Waals surface area contributed by atoms with Gasteiger partial charge in [-0.05, 0) is 37.9 Å². The van der Waals surface area contributed by atoms with E-state index in [0.717, 1.165) is 6.42 Å². The van der Waals surface area contributed by atoms with Crippen LogP contribution in [-0.2, 0) is 6.42 Å². The first-order chi connectivity index (χ1) is 5.65. The van der Waals surface area contributed by atoms with Gasteiger partial charge in [-0.3, -0.25) is 0 Å². The summed E-state index contributed by atoms with van der Waals surface area (Å²) in [5.41, 5.74) is 9.42. The van der Waals surface area contributed by atoms with Gasteiger partial charge >= 0.3 is 0 Å². The van der Waals surface area contributed by atoms with Gasteiger partial charge in [0.25, 0.3) is 0 Å². The molecule has 1 aromatic carbocycles. The molecular formula is C10H14BrN. The largest absolute Gasteiger partial charge is 0.330 e. The maximum absolute atomic E-state index is 5.51. The van der Waals surface area contributed by atoms with Crippen molar-refractivity contribution in [2.45, 2.75) is 20.3 Å². The van der Waals surface area contributed by atoms with Crippen LogP contribution in [0.2, 0.25) is 0 Å². The van der Waals surface area contributed by atoms with Crippen LogP contribution in [-0.4, -0.2) is 6.54 Å². The highest BCUT2D eigenvalue weighted by atomic mass is 79.9. The molecule has 0 amide bonds. The van der Waals surface area contributed by atoms with Crippen molar-refractivity contribution in [2.75, 3.05) is 6.54 Å². The van der Waals surface area contributed by atoms with Gasteiger partial charge in [-0.2, -0.15) is 0 Å². The van der Waals surface area contributed by atoms with Crippen LogP contribution in [0.5, 0.6) is 0 Å². The monoisotopic (exact) mass is 227 g/mol. The van der Waals surface area contributed by atoms with Crippen molar-refractivity contribution in [1.82, 2.24) is 0 Å². The molecule has 0 atom stereocenters. The van der Waals surface area contributed by atoms with Gasteiger partial charge in [-0.15, -0.1) is 0 Å².